The maximum Gasteiger partial charge on any atom is 0.0489 e. The lowest BCUT2D eigenvalue weighted by atomic mass is 9.97. The van der Waals surface area contributed by atoms with Gasteiger partial charge in [-0.3, -0.25) is 9.80 Å². The van der Waals surface area contributed by atoms with Crippen LogP contribution in [-0.2, 0) is 4.74 Å². The van der Waals surface area contributed by atoms with Crippen LogP contribution in [0.3, 0.4) is 0 Å². The number of fused-ring (bicyclic) bond motifs is 1. The largest absolute Gasteiger partial charge is 0.381 e. The van der Waals surface area contributed by atoms with Crippen LogP contribution >= 0.6 is 0 Å². The summed E-state index contributed by atoms with van der Waals surface area (Å²) in [7, 11) is 0. The summed E-state index contributed by atoms with van der Waals surface area (Å²) < 4.78 is 5.73. The molecule has 2 aliphatic rings. The van der Waals surface area contributed by atoms with Crippen molar-refractivity contribution in [2.24, 2.45) is 11.8 Å². The Bertz CT molecular complexity index is 280. The SMILES string of the molecule is CC(C)COCCCN1CC2CCCN2CC1C(C)C. The molecule has 0 bridgehead atoms. The second kappa shape index (κ2) is 7.77. The monoisotopic (exact) mass is 282 g/mol. The van der Waals surface area contributed by atoms with Crippen LogP contribution in [0.4, 0.5) is 0 Å². The Kier molecular flexibility index (Phi) is 6.31. The van der Waals surface area contributed by atoms with Crippen LogP contribution < -0.4 is 0 Å². The molecule has 0 spiro atoms. The van der Waals surface area contributed by atoms with E-state index in [9.17, 15) is 0 Å². The molecule has 20 heavy (non-hydrogen) atoms. The van der Waals surface area contributed by atoms with Gasteiger partial charge in [0, 0.05) is 44.9 Å². The molecule has 0 radical (unpaired) electrons. The van der Waals surface area contributed by atoms with Crippen molar-refractivity contribution in [3.63, 3.8) is 0 Å². The topological polar surface area (TPSA) is 15.7 Å². The van der Waals surface area contributed by atoms with E-state index >= 15 is 0 Å². The third-order valence-corrected chi connectivity index (χ3v) is 4.79. The molecule has 0 aromatic carbocycles. The van der Waals surface area contributed by atoms with Crippen LogP contribution in [0, 0.1) is 11.8 Å². The molecule has 0 N–H and O–H groups in total. The van der Waals surface area contributed by atoms with Gasteiger partial charge in [-0.25, -0.2) is 0 Å². The fraction of sp³-hybridized carbons (Fsp3) is 1.00. The number of nitrogens with zero attached hydrogens (tertiary/aromatic N) is 2. The van der Waals surface area contributed by atoms with Gasteiger partial charge in [0.1, 0.15) is 0 Å². The third-order valence-electron chi connectivity index (χ3n) is 4.79. The highest BCUT2D eigenvalue weighted by molar-refractivity contribution is 4.93. The summed E-state index contributed by atoms with van der Waals surface area (Å²) in [6.07, 6.45) is 3.99. The molecule has 0 aromatic heterocycles. The van der Waals surface area contributed by atoms with Gasteiger partial charge >= 0.3 is 0 Å². The molecular formula is C17H34N2O. The maximum atomic E-state index is 5.73. The molecule has 0 amide bonds. The van der Waals surface area contributed by atoms with E-state index in [1.54, 1.807) is 0 Å². The lowest BCUT2D eigenvalue weighted by Gasteiger charge is -2.45. The van der Waals surface area contributed by atoms with Gasteiger partial charge in [0.25, 0.3) is 0 Å². The minimum atomic E-state index is 0.653. The van der Waals surface area contributed by atoms with Gasteiger partial charge in [0.15, 0.2) is 0 Å². The molecule has 118 valence electrons. The second-order valence-electron chi connectivity index (χ2n) is 7.42. The molecule has 3 nitrogen and oxygen atoms in total. The molecule has 2 heterocycles. The van der Waals surface area contributed by atoms with E-state index < -0.39 is 0 Å². The Morgan fingerprint density at radius 3 is 2.65 bits per heavy atom. The van der Waals surface area contributed by atoms with Crippen LogP contribution in [0.1, 0.15) is 47.0 Å². The Labute approximate surface area is 125 Å². The first-order valence-corrected chi connectivity index (χ1v) is 8.63. The first-order valence-electron chi connectivity index (χ1n) is 8.63. The van der Waals surface area contributed by atoms with Crippen LogP contribution in [0.5, 0.6) is 0 Å². The van der Waals surface area contributed by atoms with E-state index in [2.05, 4.69) is 37.5 Å². The van der Waals surface area contributed by atoms with Crippen LogP contribution in [0.25, 0.3) is 0 Å². The first kappa shape index (κ1) is 16.3. The van der Waals surface area contributed by atoms with E-state index in [-0.39, 0.29) is 0 Å². The highest BCUT2D eigenvalue weighted by Gasteiger charge is 2.36. The average Bonchev–Trinajstić information content (AvgIpc) is 2.83. The maximum absolute atomic E-state index is 5.73. The minimum Gasteiger partial charge on any atom is -0.381 e. The van der Waals surface area contributed by atoms with Crippen molar-refractivity contribution in [2.45, 2.75) is 59.0 Å². The number of rotatable bonds is 7. The van der Waals surface area contributed by atoms with Crippen LogP contribution in [0.2, 0.25) is 0 Å². The molecule has 0 aliphatic carbocycles. The van der Waals surface area contributed by atoms with Crippen LogP contribution in [-0.4, -0.2) is 61.3 Å². The third kappa shape index (κ3) is 4.44. The van der Waals surface area contributed by atoms with Gasteiger partial charge in [-0.1, -0.05) is 27.7 Å². The molecule has 2 fully saturated rings. The molecule has 2 aliphatic heterocycles. The molecule has 2 unspecified atom stereocenters. The zero-order valence-corrected chi connectivity index (χ0v) is 14.0. The standard InChI is InChI=1S/C17H34N2O/c1-14(2)13-20-10-6-9-19-11-16-7-5-8-18(16)12-17(19)15(3)4/h14-17H,5-13H2,1-4H3. The summed E-state index contributed by atoms with van der Waals surface area (Å²) in [4.78, 5) is 5.48. The Balaban J connectivity index is 1.75. The van der Waals surface area contributed by atoms with E-state index in [1.165, 1.54) is 45.4 Å². The second-order valence-corrected chi connectivity index (χ2v) is 7.42. The first-order chi connectivity index (χ1) is 9.58. The van der Waals surface area contributed by atoms with Gasteiger partial charge in [0.05, 0.1) is 0 Å². The molecular weight excluding hydrogens is 248 g/mol. The molecule has 0 aromatic rings. The number of hydrogen-bond acceptors (Lipinski definition) is 3. The summed E-state index contributed by atoms with van der Waals surface area (Å²) in [6.45, 7) is 16.1. The summed E-state index contributed by atoms with van der Waals surface area (Å²) in [5.41, 5.74) is 0. The zero-order valence-electron chi connectivity index (χ0n) is 14.0. The fourth-order valence-electron chi connectivity index (χ4n) is 3.68. The van der Waals surface area contributed by atoms with Crippen molar-refractivity contribution >= 4 is 0 Å². The highest BCUT2D eigenvalue weighted by atomic mass is 16.5. The van der Waals surface area contributed by atoms with Crippen molar-refractivity contribution in [3.8, 4) is 0 Å². The number of hydrogen-bond donors (Lipinski definition) is 0. The van der Waals surface area contributed by atoms with E-state index in [0.717, 1.165) is 31.2 Å². The predicted molar refractivity (Wildman–Crippen MR) is 85.1 cm³/mol. The van der Waals surface area contributed by atoms with Gasteiger partial charge in [-0.15, -0.1) is 0 Å². The van der Waals surface area contributed by atoms with Gasteiger partial charge < -0.3 is 4.74 Å². The molecule has 3 heteroatoms. The summed E-state index contributed by atoms with van der Waals surface area (Å²) in [5.74, 6) is 1.41. The van der Waals surface area contributed by atoms with Crippen molar-refractivity contribution in [3.05, 3.63) is 0 Å². The van der Waals surface area contributed by atoms with Crippen molar-refractivity contribution < 1.29 is 4.74 Å². The minimum absolute atomic E-state index is 0.653. The average molecular weight is 282 g/mol. The zero-order chi connectivity index (χ0) is 14.5. The molecule has 0 saturated carbocycles. The highest BCUT2D eigenvalue weighted by Crippen LogP contribution is 2.27. The lowest BCUT2D eigenvalue weighted by Crippen LogP contribution is -2.57. The Morgan fingerprint density at radius 1 is 1.15 bits per heavy atom. The molecule has 2 rings (SSSR count). The molecule has 2 atom stereocenters. The van der Waals surface area contributed by atoms with E-state index in [4.69, 9.17) is 4.74 Å². The summed E-state index contributed by atoms with van der Waals surface area (Å²) >= 11 is 0. The van der Waals surface area contributed by atoms with E-state index in [0.29, 0.717) is 5.92 Å². The number of piperazine rings is 1. The molecule has 2 saturated heterocycles. The number of ether oxygens (including phenoxy) is 1. The smallest absolute Gasteiger partial charge is 0.0489 e. The quantitative estimate of drug-likeness (QED) is 0.668. The fourth-order valence-corrected chi connectivity index (χ4v) is 3.68. The normalized spacial score (nSPS) is 28.5. The van der Waals surface area contributed by atoms with Crippen LogP contribution in [0.15, 0.2) is 0 Å². The van der Waals surface area contributed by atoms with Crippen molar-refractivity contribution in [1.29, 1.82) is 0 Å². The predicted octanol–water partition coefficient (Wildman–Crippen LogP) is 2.85. The van der Waals surface area contributed by atoms with Gasteiger partial charge in [-0.05, 0) is 37.6 Å². The Morgan fingerprint density at radius 2 is 1.95 bits per heavy atom. The Hall–Kier alpha value is -0.120. The van der Waals surface area contributed by atoms with Gasteiger partial charge in [0.2, 0.25) is 0 Å². The van der Waals surface area contributed by atoms with E-state index in [1.807, 2.05) is 0 Å². The van der Waals surface area contributed by atoms with Gasteiger partial charge in [-0.2, -0.15) is 0 Å². The summed E-state index contributed by atoms with van der Waals surface area (Å²) in [5, 5.41) is 0. The van der Waals surface area contributed by atoms with Crippen molar-refractivity contribution in [2.75, 3.05) is 39.4 Å². The van der Waals surface area contributed by atoms with Crippen molar-refractivity contribution in [1.82, 2.24) is 9.80 Å². The lowest BCUT2D eigenvalue weighted by molar-refractivity contribution is 0.0203. The summed E-state index contributed by atoms with van der Waals surface area (Å²) in [6, 6.07) is 1.58.